The monoisotopic (exact) mass is 539 g/mol. The number of hydrogen-bond acceptors (Lipinski definition) is 8. The third kappa shape index (κ3) is 5.58. The summed E-state index contributed by atoms with van der Waals surface area (Å²) in [6.07, 6.45) is 1.95. The number of halogens is 2. The van der Waals surface area contributed by atoms with Gasteiger partial charge in [0.15, 0.2) is 0 Å². The number of ether oxygens (including phenoxy) is 1. The Balaban J connectivity index is 1.65. The molecule has 1 atom stereocenters. The molecule has 1 N–H and O–H groups in total. The van der Waals surface area contributed by atoms with Gasteiger partial charge >= 0.3 is 0 Å². The first-order chi connectivity index (χ1) is 16.6. The predicted octanol–water partition coefficient (Wildman–Crippen LogP) is 3.33. The van der Waals surface area contributed by atoms with Crippen molar-refractivity contribution in [2.24, 2.45) is 0 Å². The second kappa shape index (κ2) is 10.1. The second-order valence-electron chi connectivity index (χ2n) is 8.31. The standard InChI is InChI=1S/C22H23Cl2N5O5S/c1-33-19-6-3-14(20-25-27-28-26-20)11-16(19)21(30)29-9-7-22(13-29,8-10-34-35(2,31)32)15-4-5-17(23)18(24)12-15/h3-6,11-12H,7-10,13H2,1-2H3,(H,25,26,27,28). The van der Waals surface area contributed by atoms with Crippen molar-refractivity contribution in [1.29, 1.82) is 0 Å². The van der Waals surface area contributed by atoms with Crippen molar-refractivity contribution in [3.05, 3.63) is 57.6 Å². The van der Waals surface area contributed by atoms with E-state index >= 15 is 0 Å². The van der Waals surface area contributed by atoms with Gasteiger partial charge in [0.25, 0.3) is 16.0 Å². The maximum Gasteiger partial charge on any atom is 0.264 e. The van der Waals surface area contributed by atoms with Crippen LogP contribution in [0.5, 0.6) is 5.75 Å². The first-order valence-electron chi connectivity index (χ1n) is 10.6. The number of nitrogens with one attached hydrogen (secondary N) is 1. The molecule has 186 valence electrons. The van der Waals surface area contributed by atoms with Crippen molar-refractivity contribution in [1.82, 2.24) is 25.5 Å². The van der Waals surface area contributed by atoms with E-state index in [1.807, 2.05) is 6.07 Å². The van der Waals surface area contributed by atoms with E-state index in [0.717, 1.165) is 11.8 Å². The zero-order valence-electron chi connectivity index (χ0n) is 19.0. The van der Waals surface area contributed by atoms with Crippen LogP contribution in [0, 0.1) is 0 Å². The lowest BCUT2D eigenvalue weighted by atomic mass is 9.77. The molecule has 1 saturated heterocycles. The minimum absolute atomic E-state index is 0.0300. The summed E-state index contributed by atoms with van der Waals surface area (Å²) in [6, 6.07) is 10.4. The highest BCUT2D eigenvalue weighted by atomic mass is 35.5. The van der Waals surface area contributed by atoms with E-state index in [2.05, 4.69) is 20.6 Å². The van der Waals surface area contributed by atoms with Crippen LogP contribution in [0.25, 0.3) is 11.4 Å². The van der Waals surface area contributed by atoms with Crippen LogP contribution >= 0.6 is 23.2 Å². The third-order valence-electron chi connectivity index (χ3n) is 6.08. The van der Waals surface area contributed by atoms with Crippen molar-refractivity contribution in [3.8, 4) is 17.1 Å². The Bertz CT molecular complexity index is 1340. The SMILES string of the molecule is COc1ccc(-c2nn[nH]n2)cc1C(=O)N1CCC(CCOS(C)(=O)=O)(c2ccc(Cl)c(Cl)c2)C1. The molecule has 35 heavy (non-hydrogen) atoms. The Morgan fingerprint density at radius 3 is 2.66 bits per heavy atom. The molecule has 1 aliphatic rings. The summed E-state index contributed by atoms with van der Waals surface area (Å²) in [5, 5.41) is 14.7. The van der Waals surface area contributed by atoms with Gasteiger partial charge in [-0.25, -0.2) is 0 Å². The van der Waals surface area contributed by atoms with E-state index < -0.39 is 15.5 Å². The van der Waals surface area contributed by atoms with Gasteiger partial charge < -0.3 is 9.64 Å². The molecular weight excluding hydrogens is 517 g/mol. The van der Waals surface area contributed by atoms with Crippen molar-refractivity contribution in [2.45, 2.75) is 18.3 Å². The third-order valence-corrected chi connectivity index (χ3v) is 7.42. The highest BCUT2D eigenvalue weighted by molar-refractivity contribution is 7.85. The second-order valence-corrected chi connectivity index (χ2v) is 10.8. The van der Waals surface area contributed by atoms with Crippen molar-refractivity contribution < 1.29 is 22.1 Å². The van der Waals surface area contributed by atoms with Gasteiger partial charge in [0.1, 0.15) is 5.75 Å². The van der Waals surface area contributed by atoms with E-state index in [4.69, 9.17) is 32.1 Å². The minimum Gasteiger partial charge on any atom is -0.496 e. The molecular formula is C22H23Cl2N5O5S. The van der Waals surface area contributed by atoms with Crippen LogP contribution in [0.15, 0.2) is 36.4 Å². The molecule has 0 saturated carbocycles. The van der Waals surface area contributed by atoms with Crippen LogP contribution in [-0.4, -0.2) is 72.9 Å². The molecule has 1 aromatic heterocycles. The van der Waals surface area contributed by atoms with Gasteiger partial charge in [-0.05, 0) is 54.0 Å². The van der Waals surface area contributed by atoms with E-state index in [1.165, 1.54) is 7.11 Å². The minimum atomic E-state index is -3.61. The van der Waals surface area contributed by atoms with Crippen LogP contribution in [-0.2, 0) is 19.7 Å². The van der Waals surface area contributed by atoms with Gasteiger partial charge in [-0.1, -0.05) is 29.3 Å². The lowest BCUT2D eigenvalue weighted by molar-refractivity contribution is 0.0777. The summed E-state index contributed by atoms with van der Waals surface area (Å²) in [4.78, 5) is 15.3. The number of benzene rings is 2. The van der Waals surface area contributed by atoms with Crippen LogP contribution in [0.1, 0.15) is 28.8 Å². The fourth-order valence-corrected chi connectivity index (χ4v) is 5.00. The number of amides is 1. The largest absolute Gasteiger partial charge is 0.496 e. The maximum absolute atomic E-state index is 13.6. The van der Waals surface area contributed by atoms with E-state index in [9.17, 15) is 13.2 Å². The van der Waals surface area contributed by atoms with Gasteiger partial charge in [-0.15, -0.1) is 10.2 Å². The fourth-order valence-electron chi connectivity index (χ4n) is 4.31. The van der Waals surface area contributed by atoms with Crippen LogP contribution < -0.4 is 4.74 Å². The normalized spacial score (nSPS) is 18.1. The molecule has 0 spiro atoms. The van der Waals surface area contributed by atoms with E-state index in [0.29, 0.717) is 58.7 Å². The number of tetrazole rings is 1. The number of carbonyl (C=O) groups excluding carboxylic acids is 1. The molecule has 2 aromatic carbocycles. The summed E-state index contributed by atoms with van der Waals surface area (Å²) in [7, 11) is -2.12. The summed E-state index contributed by atoms with van der Waals surface area (Å²) in [5.41, 5.74) is 1.24. The molecule has 3 aromatic rings. The molecule has 0 radical (unpaired) electrons. The number of nitrogens with zero attached hydrogens (tertiary/aromatic N) is 4. The van der Waals surface area contributed by atoms with Crippen LogP contribution in [0.4, 0.5) is 0 Å². The van der Waals surface area contributed by atoms with E-state index in [1.54, 1.807) is 35.2 Å². The average Bonchev–Trinajstić information content (AvgIpc) is 3.50. The van der Waals surface area contributed by atoms with Crippen LogP contribution in [0.3, 0.4) is 0 Å². The highest BCUT2D eigenvalue weighted by Crippen LogP contribution is 2.41. The topological polar surface area (TPSA) is 127 Å². The maximum atomic E-state index is 13.6. The summed E-state index contributed by atoms with van der Waals surface area (Å²) in [6.45, 7) is 0.734. The van der Waals surface area contributed by atoms with Gasteiger partial charge in [0.2, 0.25) is 5.82 Å². The Labute approximate surface area is 212 Å². The van der Waals surface area contributed by atoms with Gasteiger partial charge in [-0.2, -0.15) is 13.6 Å². The first-order valence-corrected chi connectivity index (χ1v) is 13.2. The number of aromatic amines is 1. The van der Waals surface area contributed by atoms with E-state index in [-0.39, 0.29) is 12.5 Å². The van der Waals surface area contributed by atoms with Gasteiger partial charge in [-0.3, -0.25) is 8.98 Å². The fraction of sp³-hybridized carbons (Fsp3) is 0.364. The Kier molecular flexibility index (Phi) is 7.32. The first kappa shape index (κ1) is 25.4. The van der Waals surface area contributed by atoms with Crippen molar-refractivity contribution in [2.75, 3.05) is 33.1 Å². The number of methoxy groups -OCH3 is 1. The smallest absolute Gasteiger partial charge is 0.264 e. The molecule has 13 heteroatoms. The lowest BCUT2D eigenvalue weighted by Gasteiger charge is -2.30. The quantitative estimate of drug-likeness (QED) is 0.431. The molecule has 1 aliphatic heterocycles. The lowest BCUT2D eigenvalue weighted by Crippen LogP contribution is -2.35. The zero-order valence-corrected chi connectivity index (χ0v) is 21.3. The Morgan fingerprint density at radius 1 is 1.20 bits per heavy atom. The van der Waals surface area contributed by atoms with Gasteiger partial charge in [0, 0.05) is 24.1 Å². The Morgan fingerprint density at radius 2 is 2.00 bits per heavy atom. The number of aromatic nitrogens is 4. The summed E-state index contributed by atoms with van der Waals surface area (Å²) < 4.78 is 33.6. The average molecular weight is 540 g/mol. The molecule has 1 amide bonds. The van der Waals surface area contributed by atoms with Crippen LogP contribution in [0.2, 0.25) is 10.0 Å². The molecule has 1 unspecified atom stereocenters. The molecule has 0 aliphatic carbocycles. The molecule has 1 fully saturated rings. The summed E-state index contributed by atoms with van der Waals surface area (Å²) >= 11 is 12.4. The molecule has 2 heterocycles. The molecule has 10 nitrogen and oxygen atoms in total. The molecule has 4 rings (SSSR count). The Hall–Kier alpha value is -2.73. The van der Waals surface area contributed by atoms with Crippen molar-refractivity contribution >= 4 is 39.2 Å². The number of hydrogen-bond donors (Lipinski definition) is 1. The summed E-state index contributed by atoms with van der Waals surface area (Å²) in [5.74, 6) is 0.527. The zero-order chi connectivity index (χ0) is 25.2. The predicted molar refractivity (Wildman–Crippen MR) is 130 cm³/mol. The van der Waals surface area contributed by atoms with Crippen molar-refractivity contribution in [3.63, 3.8) is 0 Å². The molecule has 0 bridgehead atoms. The highest BCUT2D eigenvalue weighted by Gasteiger charge is 2.42. The van der Waals surface area contributed by atoms with Gasteiger partial charge in [0.05, 0.1) is 35.6 Å². The number of likely N-dealkylation sites (tertiary alicyclic amines) is 1. The number of rotatable bonds is 8. The number of H-pyrrole nitrogens is 1. The number of carbonyl (C=O) groups is 1.